The van der Waals surface area contributed by atoms with Gasteiger partial charge in [0.2, 0.25) is 0 Å². The lowest BCUT2D eigenvalue weighted by atomic mass is 10.1. The molecule has 0 atom stereocenters. The van der Waals surface area contributed by atoms with Crippen molar-refractivity contribution in [2.45, 2.75) is 13.3 Å². The van der Waals surface area contributed by atoms with Crippen LogP contribution in [0.3, 0.4) is 0 Å². The first-order valence-corrected chi connectivity index (χ1v) is 4.86. The van der Waals surface area contributed by atoms with Crippen LogP contribution in [-0.4, -0.2) is 22.5 Å². The van der Waals surface area contributed by atoms with E-state index in [2.05, 4.69) is 4.98 Å². The molecule has 0 bridgehead atoms. The Labute approximate surface area is 96.3 Å². The minimum absolute atomic E-state index is 0.0854. The fourth-order valence-electron chi connectivity index (χ4n) is 1.14. The Kier molecular flexibility index (Phi) is 4.19. The second-order valence-corrected chi connectivity index (χ2v) is 3.27. The van der Waals surface area contributed by atoms with E-state index >= 15 is 0 Å². The number of ether oxygens (including phenoxy) is 1. The van der Waals surface area contributed by atoms with Gasteiger partial charge in [-0.25, -0.2) is 0 Å². The van der Waals surface area contributed by atoms with Gasteiger partial charge in [0, 0.05) is 6.20 Å². The van der Waals surface area contributed by atoms with E-state index in [1.54, 1.807) is 6.92 Å². The lowest BCUT2D eigenvalue weighted by molar-refractivity contribution is -0.385. The summed E-state index contributed by atoms with van der Waals surface area (Å²) < 4.78 is 4.69. The monoisotopic (exact) mass is 244 g/mol. The van der Waals surface area contributed by atoms with E-state index in [0.29, 0.717) is 0 Å². The van der Waals surface area contributed by atoms with Crippen LogP contribution >= 0.6 is 11.6 Å². The number of halogens is 1. The lowest BCUT2D eigenvalue weighted by Gasteiger charge is -2.04. The Morgan fingerprint density at radius 2 is 2.31 bits per heavy atom. The minimum Gasteiger partial charge on any atom is -0.466 e. The summed E-state index contributed by atoms with van der Waals surface area (Å²) >= 11 is 5.74. The third-order valence-electron chi connectivity index (χ3n) is 1.81. The fraction of sp³-hybridized carbons (Fsp3) is 0.333. The molecule has 0 aliphatic rings. The van der Waals surface area contributed by atoms with Crippen LogP contribution in [0, 0.1) is 10.1 Å². The van der Waals surface area contributed by atoms with Gasteiger partial charge in [-0.2, -0.15) is 0 Å². The number of esters is 1. The molecule has 1 aromatic heterocycles. The number of hydrogen-bond donors (Lipinski definition) is 0. The summed E-state index contributed by atoms with van der Waals surface area (Å²) in [6.45, 7) is 1.87. The van der Waals surface area contributed by atoms with Gasteiger partial charge < -0.3 is 4.74 Å². The molecule has 0 aromatic carbocycles. The predicted molar refractivity (Wildman–Crippen MR) is 56.2 cm³/mol. The summed E-state index contributed by atoms with van der Waals surface area (Å²) in [5.74, 6) is -0.557. The molecule has 0 saturated heterocycles. The molecular formula is C9H9ClN2O4. The first kappa shape index (κ1) is 12.4. The highest BCUT2D eigenvalue weighted by atomic mass is 35.5. The van der Waals surface area contributed by atoms with Gasteiger partial charge in [0.1, 0.15) is 6.20 Å². The van der Waals surface area contributed by atoms with Crippen molar-refractivity contribution in [1.82, 2.24) is 4.98 Å². The van der Waals surface area contributed by atoms with Crippen molar-refractivity contribution in [1.29, 1.82) is 0 Å². The molecule has 0 unspecified atom stereocenters. The Morgan fingerprint density at radius 3 is 2.88 bits per heavy atom. The van der Waals surface area contributed by atoms with Gasteiger partial charge in [-0.3, -0.25) is 19.9 Å². The van der Waals surface area contributed by atoms with Crippen molar-refractivity contribution in [3.05, 3.63) is 33.1 Å². The number of carbonyl (C=O) groups excluding carboxylic acids is 1. The molecule has 0 radical (unpaired) electrons. The van der Waals surface area contributed by atoms with Gasteiger partial charge in [0.05, 0.1) is 28.5 Å². The topological polar surface area (TPSA) is 82.3 Å². The van der Waals surface area contributed by atoms with Gasteiger partial charge in [-0.05, 0) is 6.92 Å². The highest BCUT2D eigenvalue weighted by Crippen LogP contribution is 2.25. The van der Waals surface area contributed by atoms with Crippen LogP contribution in [0.15, 0.2) is 12.4 Å². The van der Waals surface area contributed by atoms with Crippen molar-refractivity contribution in [2.75, 3.05) is 6.61 Å². The standard InChI is InChI=1S/C9H9ClN2O4/c1-2-16-9(13)3-6-7(10)4-11-5-8(6)12(14)15/h4-5H,2-3H2,1H3. The Bertz CT molecular complexity index is 422. The molecule has 1 heterocycles. The van der Waals surface area contributed by atoms with Gasteiger partial charge in [0.15, 0.2) is 0 Å². The van der Waals surface area contributed by atoms with Crippen LogP contribution in [0.2, 0.25) is 5.02 Å². The van der Waals surface area contributed by atoms with Gasteiger partial charge in [0.25, 0.3) is 5.69 Å². The quantitative estimate of drug-likeness (QED) is 0.458. The van der Waals surface area contributed by atoms with Crippen LogP contribution in [0.1, 0.15) is 12.5 Å². The summed E-state index contributed by atoms with van der Waals surface area (Å²) in [6, 6.07) is 0. The van der Waals surface area contributed by atoms with Gasteiger partial charge >= 0.3 is 5.97 Å². The minimum atomic E-state index is -0.632. The molecule has 0 saturated carbocycles. The van der Waals surface area contributed by atoms with Crippen LogP contribution in [-0.2, 0) is 16.0 Å². The Morgan fingerprint density at radius 1 is 1.62 bits per heavy atom. The van der Waals surface area contributed by atoms with Crippen LogP contribution in [0.4, 0.5) is 5.69 Å². The molecule has 0 aliphatic heterocycles. The zero-order chi connectivity index (χ0) is 12.1. The largest absolute Gasteiger partial charge is 0.466 e. The molecule has 0 fully saturated rings. The maximum Gasteiger partial charge on any atom is 0.310 e. The van der Waals surface area contributed by atoms with E-state index in [1.807, 2.05) is 0 Å². The van der Waals surface area contributed by atoms with Gasteiger partial charge in [-0.1, -0.05) is 11.6 Å². The van der Waals surface area contributed by atoms with E-state index in [1.165, 1.54) is 6.20 Å². The Hall–Kier alpha value is -1.69. The lowest BCUT2D eigenvalue weighted by Crippen LogP contribution is -2.10. The van der Waals surface area contributed by atoms with Crippen LogP contribution < -0.4 is 0 Å². The molecule has 1 rings (SSSR count). The van der Waals surface area contributed by atoms with E-state index in [9.17, 15) is 14.9 Å². The van der Waals surface area contributed by atoms with Crippen LogP contribution in [0.25, 0.3) is 0 Å². The van der Waals surface area contributed by atoms with Crippen molar-refractivity contribution in [3.8, 4) is 0 Å². The number of carbonyl (C=O) groups is 1. The van der Waals surface area contributed by atoms with E-state index < -0.39 is 10.9 Å². The number of aromatic nitrogens is 1. The van der Waals surface area contributed by atoms with Crippen molar-refractivity contribution < 1.29 is 14.5 Å². The molecule has 0 N–H and O–H groups in total. The van der Waals surface area contributed by atoms with Crippen molar-refractivity contribution in [2.24, 2.45) is 0 Å². The zero-order valence-corrected chi connectivity index (χ0v) is 9.23. The highest BCUT2D eigenvalue weighted by molar-refractivity contribution is 6.31. The third kappa shape index (κ3) is 2.90. The zero-order valence-electron chi connectivity index (χ0n) is 8.47. The van der Waals surface area contributed by atoms with E-state index in [0.717, 1.165) is 6.20 Å². The van der Waals surface area contributed by atoms with Gasteiger partial charge in [-0.15, -0.1) is 0 Å². The molecular weight excluding hydrogens is 236 g/mol. The molecule has 1 aromatic rings. The van der Waals surface area contributed by atoms with E-state index in [4.69, 9.17) is 16.3 Å². The number of nitrogens with zero attached hydrogens (tertiary/aromatic N) is 2. The molecule has 16 heavy (non-hydrogen) atoms. The first-order valence-electron chi connectivity index (χ1n) is 4.48. The molecule has 0 aliphatic carbocycles. The summed E-state index contributed by atoms with van der Waals surface area (Å²) in [7, 11) is 0. The molecule has 86 valence electrons. The number of rotatable bonds is 4. The second-order valence-electron chi connectivity index (χ2n) is 2.86. The Balaban J connectivity index is 3.01. The SMILES string of the molecule is CCOC(=O)Cc1c(Cl)cncc1[N+](=O)[O-]. The molecule has 6 nitrogen and oxygen atoms in total. The molecule has 7 heteroatoms. The summed E-state index contributed by atoms with van der Waals surface area (Å²) in [5.41, 5.74) is -0.152. The number of nitro groups is 1. The first-order chi connectivity index (χ1) is 7.56. The number of pyridine rings is 1. The van der Waals surface area contributed by atoms with Crippen molar-refractivity contribution >= 4 is 23.3 Å². The second kappa shape index (κ2) is 5.41. The third-order valence-corrected chi connectivity index (χ3v) is 2.13. The van der Waals surface area contributed by atoms with Crippen molar-refractivity contribution in [3.63, 3.8) is 0 Å². The average Bonchev–Trinajstić information content (AvgIpc) is 2.21. The summed E-state index contributed by atoms with van der Waals surface area (Å²) in [5, 5.41) is 10.8. The maximum absolute atomic E-state index is 11.2. The molecule has 0 spiro atoms. The summed E-state index contributed by atoms with van der Waals surface area (Å²) in [4.78, 5) is 24.8. The highest BCUT2D eigenvalue weighted by Gasteiger charge is 2.20. The van der Waals surface area contributed by atoms with Crippen LogP contribution in [0.5, 0.6) is 0 Å². The normalized spacial score (nSPS) is 9.88. The number of hydrogen-bond acceptors (Lipinski definition) is 5. The fourth-order valence-corrected chi connectivity index (χ4v) is 1.36. The maximum atomic E-state index is 11.2. The van der Waals surface area contributed by atoms with E-state index in [-0.39, 0.29) is 29.3 Å². The molecule has 0 amide bonds. The smallest absolute Gasteiger partial charge is 0.310 e. The average molecular weight is 245 g/mol. The predicted octanol–water partition coefficient (Wildman–Crippen LogP) is 1.75. The summed E-state index contributed by atoms with van der Waals surface area (Å²) in [6.07, 6.45) is 2.08.